The smallest absolute Gasteiger partial charge is 0.0435 e. The van der Waals surface area contributed by atoms with E-state index in [1.54, 1.807) is 0 Å². The molecule has 0 spiro atoms. The largest absolute Gasteiger partial charge is 0.321 e. The van der Waals surface area contributed by atoms with Gasteiger partial charge in [-0.05, 0) is 24.3 Å². The minimum atomic E-state index is -0.147. The molecule has 1 nitrogen and oxygen atoms in total. The molecule has 1 aromatic carbocycles. The summed E-state index contributed by atoms with van der Waals surface area (Å²) in [6.07, 6.45) is 4.61. The van der Waals surface area contributed by atoms with Gasteiger partial charge in [-0.1, -0.05) is 63.9 Å². The second-order valence-corrected chi connectivity index (χ2v) is 4.85. The van der Waals surface area contributed by atoms with E-state index in [0.717, 1.165) is 12.8 Å². The SMILES string of the molecule is CCCC(C)C(N)(CCC)c1ccccc1. The molecule has 2 atom stereocenters. The van der Waals surface area contributed by atoms with Crippen LogP contribution in [0.1, 0.15) is 52.0 Å². The Balaban J connectivity index is 2.96. The zero-order chi connectivity index (χ0) is 12.0. The minimum absolute atomic E-state index is 0.147. The van der Waals surface area contributed by atoms with Crippen LogP contribution in [0.5, 0.6) is 0 Å². The van der Waals surface area contributed by atoms with E-state index in [9.17, 15) is 0 Å². The molecule has 1 rings (SSSR count). The van der Waals surface area contributed by atoms with Crippen LogP contribution < -0.4 is 5.73 Å². The molecule has 0 bridgehead atoms. The van der Waals surface area contributed by atoms with Crippen LogP contribution >= 0.6 is 0 Å². The quantitative estimate of drug-likeness (QED) is 0.766. The van der Waals surface area contributed by atoms with Crippen LogP contribution in [0.4, 0.5) is 0 Å². The molecule has 0 aromatic heterocycles. The Morgan fingerprint density at radius 1 is 1.12 bits per heavy atom. The van der Waals surface area contributed by atoms with Gasteiger partial charge in [0.1, 0.15) is 0 Å². The Labute approximate surface area is 100 Å². The van der Waals surface area contributed by atoms with Crippen molar-refractivity contribution >= 4 is 0 Å². The Morgan fingerprint density at radius 3 is 2.25 bits per heavy atom. The van der Waals surface area contributed by atoms with Gasteiger partial charge < -0.3 is 5.73 Å². The maximum atomic E-state index is 6.66. The fourth-order valence-electron chi connectivity index (χ4n) is 2.53. The molecule has 2 N–H and O–H groups in total. The van der Waals surface area contributed by atoms with Crippen LogP contribution in [-0.2, 0) is 5.54 Å². The number of benzene rings is 1. The molecule has 2 unspecified atom stereocenters. The van der Waals surface area contributed by atoms with E-state index in [0.29, 0.717) is 5.92 Å². The second-order valence-electron chi connectivity index (χ2n) is 4.85. The van der Waals surface area contributed by atoms with Gasteiger partial charge in [0.05, 0.1) is 0 Å². The molecule has 0 fully saturated rings. The molecule has 0 aliphatic carbocycles. The highest BCUT2D eigenvalue weighted by molar-refractivity contribution is 5.24. The Morgan fingerprint density at radius 2 is 1.75 bits per heavy atom. The Bertz CT molecular complexity index is 294. The van der Waals surface area contributed by atoms with E-state index in [1.165, 1.54) is 18.4 Å². The number of rotatable bonds is 6. The summed E-state index contributed by atoms with van der Waals surface area (Å²) in [5.74, 6) is 0.542. The minimum Gasteiger partial charge on any atom is -0.321 e. The maximum Gasteiger partial charge on any atom is 0.0435 e. The highest BCUT2D eigenvalue weighted by atomic mass is 14.8. The third-order valence-corrected chi connectivity index (χ3v) is 3.58. The van der Waals surface area contributed by atoms with Crippen molar-refractivity contribution in [2.45, 2.75) is 52.0 Å². The van der Waals surface area contributed by atoms with E-state index >= 15 is 0 Å². The average Bonchev–Trinajstić information content (AvgIpc) is 2.30. The summed E-state index contributed by atoms with van der Waals surface area (Å²) in [6, 6.07) is 10.6. The summed E-state index contributed by atoms with van der Waals surface area (Å²) in [4.78, 5) is 0. The second kappa shape index (κ2) is 6.05. The molecular weight excluding hydrogens is 194 g/mol. The summed E-state index contributed by atoms with van der Waals surface area (Å²) in [6.45, 7) is 6.73. The van der Waals surface area contributed by atoms with Gasteiger partial charge in [0.25, 0.3) is 0 Å². The van der Waals surface area contributed by atoms with Gasteiger partial charge in [0, 0.05) is 5.54 Å². The fraction of sp³-hybridized carbons (Fsp3) is 0.600. The molecule has 0 saturated heterocycles. The Hall–Kier alpha value is -0.820. The van der Waals surface area contributed by atoms with E-state index in [-0.39, 0.29) is 5.54 Å². The standard InChI is InChI=1S/C15H25N/c1-4-9-13(3)15(16,12-5-2)14-10-7-6-8-11-14/h6-8,10-11,13H,4-5,9,12,16H2,1-3H3. The van der Waals surface area contributed by atoms with Crippen LogP contribution in [0.3, 0.4) is 0 Å². The molecule has 0 aliphatic heterocycles. The number of nitrogens with two attached hydrogens (primary N) is 1. The molecule has 90 valence electrons. The third-order valence-electron chi connectivity index (χ3n) is 3.58. The topological polar surface area (TPSA) is 26.0 Å². The Kier molecular flexibility index (Phi) is 5.01. The van der Waals surface area contributed by atoms with E-state index in [1.807, 2.05) is 0 Å². The van der Waals surface area contributed by atoms with E-state index in [4.69, 9.17) is 5.73 Å². The van der Waals surface area contributed by atoms with Gasteiger partial charge in [-0.2, -0.15) is 0 Å². The summed E-state index contributed by atoms with van der Waals surface area (Å²) in [5.41, 5.74) is 7.80. The van der Waals surface area contributed by atoms with Gasteiger partial charge >= 0.3 is 0 Å². The van der Waals surface area contributed by atoms with Crippen LogP contribution in [0.2, 0.25) is 0 Å². The van der Waals surface area contributed by atoms with Crippen molar-refractivity contribution in [1.82, 2.24) is 0 Å². The third kappa shape index (κ3) is 2.85. The van der Waals surface area contributed by atoms with Crippen molar-refractivity contribution in [2.75, 3.05) is 0 Å². The zero-order valence-corrected chi connectivity index (χ0v) is 10.9. The lowest BCUT2D eigenvalue weighted by molar-refractivity contribution is 0.256. The summed E-state index contributed by atoms with van der Waals surface area (Å²) >= 11 is 0. The normalized spacial score (nSPS) is 16.8. The first-order valence-corrected chi connectivity index (χ1v) is 6.49. The first-order chi connectivity index (χ1) is 7.65. The molecule has 0 heterocycles. The van der Waals surface area contributed by atoms with Gasteiger partial charge in [0.2, 0.25) is 0 Å². The lowest BCUT2D eigenvalue weighted by Gasteiger charge is -2.36. The van der Waals surface area contributed by atoms with E-state index in [2.05, 4.69) is 51.1 Å². The highest BCUT2D eigenvalue weighted by Gasteiger charge is 2.31. The lowest BCUT2D eigenvalue weighted by atomic mass is 9.75. The van der Waals surface area contributed by atoms with Crippen molar-refractivity contribution in [3.05, 3.63) is 35.9 Å². The molecule has 1 heteroatoms. The van der Waals surface area contributed by atoms with Crippen molar-refractivity contribution in [1.29, 1.82) is 0 Å². The lowest BCUT2D eigenvalue weighted by Crippen LogP contribution is -2.43. The van der Waals surface area contributed by atoms with E-state index < -0.39 is 0 Å². The first-order valence-electron chi connectivity index (χ1n) is 6.49. The first kappa shape index (κ1) is 13.2. The molecule has 1 aromatic rings. The van der Waals surface area contributed by atoms with Gasteiger partial charge in [0.15, 0.2) is 0 Å². The predicted octanol–water partition coefficient (Wildman–Crippen LogP) is 4.08. The van der Waals surface area contributed by atoms with Crippen LogP contribution in [0.25, 0.3) is 0 Å². The van der Waals surface area contributed by atoms with Crippen LogP contribution in [-0.4, -0.2) is 0 Å². The molecule has 0 amide bonds. The van der Waals surface area contributed by atoms with Gasteiger partial charge in [-0.3, -0.25) is 0 Å². The van der Waals surface area contributed by atoms with Crippen molar-refractivity contribution < 1.29 is 0 Å². The molecule has 0 radical (unpaired) electrons. The van der Waals surface area contributed by atoms with Crippen molar-refractivity contribution in [2.24, 2.45) is 11.7 Å². The van der Waals surface area contributed by atoms with Gasteiger partial charge in [-0.25, -0.2) is 0 Å². The molecule has 0 aliphatic rings. The zero-order valence-electron chi connectivity index (χ0n) is 10.9. The van der Waals surface area contributed by atoms with Crippen LogP contribution in [0.15, 0.2) is 30.3 Å². The average molecular weight is 219 g/mol. The number of hydrogen-bond acceptors (Lipinski definition) is 1. The number of hydrogen-bond donors (Lipinski definition) is 1. The van der Waals surface area contributed by atoms with Crippen molar-refractivity contribution in [3.63, 3.8) is 0 Å². The maximum absolute atomic E-state index is 6.66. The summed E-state index contributed by atoms with van der Waals surface area (Å²) < 4.78 is 0. The molecular formula is C15H25N. The fourth-order valence-corrected chi connectivity index (χ4v) is 2.53. The molecule has 16 heavy (non-hydrogen) atoms. The summed E-state index contributed by atoms with van der Waals surface area (Å²) in [5, 5.41) is 0. The summed E-state index contributed by atoms with van der Waals surface area (Å²) in [7, 11) is 0. The molecule has 0 saturated carbocycles. The monoisotopic (exact) mass is 219 g/mol. The van der Waals surface area contributed by atoms with Crippen molar-refractivity contribution in [3.8, 4) is 0 Å². The van der Waals surface area contributed by atoms with Crippen LogP contribution in [0, 0.1) is 5.92 Å². The van der Waals surface area contributed by atoms with Gasteiger partial charge in [-0.15, -0.1) is 0 Å². The predicted molar refractivity (Wildman–Crippen MR) is 71.3 cm³/mol. The highest BCUT2D eigenvalue weighted by Crippen LogP contribution is 2.34.